The van der Waals surface area contributed by atoms with E-state index in [1.807, 2.05) is 36.5 Å². The maximum atomic E-state index is 8.76. The van der Waals surface area contributed by atoms with Crippen molar-refractivity contribution in [2.75, 3.05) is 17.3 Å². The fourth-order valence-corrected chi connectivity index (χ4v) is 1.32. The van der Waals surface area contributed by atoms with Gasteiger partial charge in [0.1, 0.15) is 18.0 Å². The van der Waals surface area contributed by atoms with Crippen LogP contribution in [0.1, 0.15) is 0 Å². The van der Waals surface area contributed by atoms with Crippen molar-refractivity contribution in [3.63, 3.8) is 0 Å². The van der Waals surface area contributed by atoms with Crippen LogP contribution in [-0.2, 0) is 0 Å². The maximum absolute atomic E-state index is 8.76. The van der Waals surface area contributed by atoms with Gasteiger partial charge in [-0.25, -0.2) is 9.97 Å². The Morgan fingerprint density at radius 3 is 2.71 bits per heavy atom. The summed E-state index contributed by atoms with van der Waals surface area (Å²) in [5.74, 6) is 1.21. The number of nitrogens with one attached hydrogen (secondary N) is 1. The molecular formula is C12H11N5. The van der Waals surface area contributed by atoms with Crippen LogP contribution in [0.15, 0.2) is 42.7 Å². The zero-order valence-corrected chi connectivity index (χ0v) is 9.33. The minimum atomic E-state index is 0.556. The molecule has 0 amide bonds. The molecule has 1 aromatic heterocycles. The van der Waals surface area contributed by atoms with Gasteiger partial charge in [0.05, 0.1) is 0 Å². The normalized spacial score (nSPS) is 9.41. The first-order valence-corrected chi connectivity index (χ1v) is 5.07. The highest BCUT2D eigenvalue weighted by molar-refractivity contribution is 5.59. The lowest BCUT2D eigenvalue weighted by Gasteiger charge is -2.09. The molecule has 0 aliphatic carbocycles. The minimum absolute atomic E-state index is 0.556. The Labute approximate surface area is 99.4 Å². The van der Waals surface area contributed by atoms with Gasteiger partial charge in [0.2, 0.25) is 0 Å². The molecule has 0 radical (unpaired) electrons. The van der Waals surface area contributed by atoms with Crippen molar-refractivity contribution in [1.82, 2.24) is 9.97 Å². The minimum Gasteiger partial charge on any atom is -0.340 e. The average Bonchev–Trinajstić information content (AvgIpc) is 2.39. The Hall–Kier alpha value is -2.61. The summed E-state index contributed by atoms with van der Waals surface area (Å²) < 4.78 is 0. The number of nitriles is 1. The van der Waals surface area contributed by atoms with Crippen LogP contribution < -0.4 is 10.2 Å². The van der Waals surface area contributed by atoms with Gasteiger partial charge in [-0.1, -0.05) is 18.2 Å². The van der Waals surface area contributed by atoms with Crippen molar-refractivity contribution in [3.8, 4) is 6.19 Å². The SMILES string of the molecule is CN(C#N)c1cc(Nc2ccccc2)ncn1. The Balaban J connectivity index is 2.20. The van der Waals surface area contributed by atoms with E-state index in [0.29, 0.717) is 11.6 Å². The predicted octanol–water partition coefficient (Wildman–Crippen LogP) is 2.14. The first-order chi connectivity index (χ1) is 8.29. The second-order valence-corrected chi connectivity index (χ2v) is 3.41. The lowest BCUT2D eigenvalue weighted by molar-refractivity contribution is 1.08. The summed E-state index contributed by atoms with van der Waals surface area (Å²) in [7, 11) is 1.65. The Morgan fingerprint density at radius 1 is 1.24 bits per heavy atom. The average molecular weight is 225 g/mol. The molecule has 0 bridgehead atoms. The molecule has 0 atom stereocenters. The Kier molecular flexibility index (Phi) is 3.17. The summed E-state index contributed by atoms with van der Waals surface area (Å²) >= 11 is 0. The van der Waals surface area contributed by atoms with Crippen LogP contribution in [0, 0.1) is 11.5 Å². The summed E-state index contributed by atoms with van der Waals surface area (Å²) in [6.07, 6.45) is 3.41. The van der Waals surface area contributed by atoms with Crippen LogP contribution in [0.5, 0.6) is 0 Å². The van der Waals surface area contributed by atoms with Crippen molar-refractivity contribution in [2.24, 2.45) is 0 Å². The molecule has 5 nitrogen and oxygen atoms in total. The highest BCUT2D eigenvalue weighted by atomic mass is 15.2. The summed E-state index contributed by atoms with van der Waals surface area (Å²) in [6, 6.07) is 11.4. The summed E-state index contributed by atoms with van der Waals surface area (Å²) in [4.78, 5) is 9.47. The molecule has 84 valence electrons. The molecule has 1 aromatic carbocycles. The van der Waals surface area contributed by atoms with Gasteiger partial charge in [0.25, 0.3) is 0 Å². The van der Waals surface area contributed by atoms with Gasteiger partial charge < -0.3 is 5.32 Å². The largest absolute Gasteiger partial charge is 0.340 e. The van der Waals surface area contributed by atoms with Crippen LogP contribution in [0.3, 0.4) is 0 Å². The fraction of sp³-hybridized carbons (Fsp3) is 0.0833. The van der Waals surface area contributed by atoms with Gasteiger partial charge in [-0.2, -0.15) is 5.26 Å². The zero-order valence-electron chi connectivity index (χ0n) is 9.33. The number of rotatable bonds is 3. The van der Waals surface area contributed by atoms with E-state index in [4.69, 9.17) is 5.26 Å². The highest BCUT2D eigenvalue weighted by Crippen LogP contribution is 2.16. The molecule has 0 saturated heterocycles. The molecule has 1 heterocycles. The Bertz CT molecular complexity index is 532. The topological polar surface area (TPSA) is 64.8 Å². The second-order valence-electron chi connectivity index (χ2n) is 3.41. The Morgan fingerprint density at radius 2 is 2.00 bits per heavy atom. The predicted molar refractivity (Wildman–Crippen MR) is 65.8 cm³/mol. The number of benzene rings is 1. The lowest BCUT2D eigenvalue weighted by Crippen LogP contribution is -2.10. The molecule has 0 aliphatic heterocycles. The molecule has 2 aromatic rings. The second kappa shape index (κ2) is 4.94. The van der Waals surface area contributed by atoms with Crippen molar-refractivity contribution in [1.29, 1.82) is 5.26 Å². The third kappa shape index (κ3) is 2.69. The monoisotopic (exact) mass is 225 g/mol. The highest BCUT2D eigenvalue weighted by Gasteiger charge is 2.03. The van der Waals surface area contributed by atoms with Gasteiger partial charge >= 0.3 is 0 Å². The lowest BCUT2D eigenvalue weighted by atomic mass is 10.3. The fourth-order valence-electron chi connectivity index (χ4n) is 1.32. The van der Waals surface area contributed by atoms with Gasteiger partial charge in [0.15, 0.2) is 6.19 Å². The summed E-state index contributed by atoms with van der Waals surface area (Å²) in [6.45, 7) is 0. The van der Waals surface area contributed by atoms with Crippen molar-refractivity contribution >= 4 is 17.3 Å². The summed E-state index contributed by atoms with van der Waals surface area (Å²) in [5.41, 5.74) is 0.941. The molecule has 0 unspecified atom stereocenters. The number of hydrogen-bond acceptors (Lipinski definition) is 5. The molecule has 0 aliphatic rings. The van der Waals surface area contributed by atoms with Crippen LogP contribution in [0.4, 0.5) is 17.3 Å². The molecule has 2 rings (SSSR count). The number of nitrogens with zero attached hydrogens (tertiary/aromatic N) is 4. The van der Waals surface area contributed by atoms with Gasteiger partial charge in [-0.05, 0) is 12.1 Å². The maximum Gasteiger partial charge on any atom is 0.185 e. The van der Waals surface area contributed by atoms with Gasteiger partial charge in [-0.15, -0.1) is 0 Å². The van der Waals surface area contributed by atoms with E-state index in [-0.39, 0.29) is 0 Å². The van der Waals surface area contributed by atoms with Crippen LogP contribution in [0.25, 0.3) is 0 Å². The number of hydrogen-bond donors (Lipinski definition) is 1. The zero-order chi connectivity index (χ0) is 12.1. The molecule has 1 N–H and O–H groups in total. The van der Waals surface area contributed by atoms with E-state index in [0.717, 1.165) is 5.69 Å². The first-order valence-electron chi connectivity index (χ1n) is 5.07. The van der Waals surface area contributed by atoms with Crippen LogP contribution in [0.2, 0.25) is 0 Å². The first kappa shape index (κ1) is 10.9. The van der Waals surface area contributed by atoms with Crippen molar-refractivity contribution in [2.45, 2.75) is 0 Å². The van der Waals surface area contributed by atoms with E-state index in [1.165, 1.54) is 11.2 Å². The third-order valence-corrected chi connectivity index (χ3v) is 2.19. The van der Waals surface area contributed by atoms with E-state index in [9.17, 15) is 0 Å². The van der Waals surface area contributed by atoms with E-state index < -0.39 is 0 Å². The molecule has 17 heavy (non-hydrogen) atoms. The molecule has 0 fully saturated rings. The van der Waals surface area contributed by atoms with Crippen LogP contribution in [-0.4, -0.2) is 17.0 Å². The van der Waals surface area contributed by atoms with E-state index in [1.54, 1.807) is 13.1 Å². The van der Waals surface area contributed by atoms with Crippen molar-refractivity contribution in [3.05, 3.63) is 42.7 Å². The smallest absolute Gasteiger partial charge is 0.185 e. The van der Waals surface area contributed by atoms with E-state index >= 15 is 0 Å². The van der Waals surface area contributed by atoms with E-state index in [2.05, 4.69) is 15.3 Å². The van der Waals surface area contributed by atoms with Crippen molar-refractivity contribution < 1.29 is 0 Å². The molecule has 5 heteroatoms. The number of anilines is 3. The standard InChI is InChI=1S/C12H11N5/c1-17(8-13)12-7-11(14-9-15-12)16-10-5-3-2-4-6-10/h2-7,9H,1H3,(H,14,15,16). The van der Waals surface area contributed by atoms with Crippen LogP contribution >= 0.6 is 0 Å². The molecule has 0 spiro atoms. The number of para-hydroxylation sites is 1. The molecular weight excluding hydrogens is 214 g/mol. The molecule has 0 saturated carbocycles. The van der Waals surface area contributed by atoms with Gasteiger partial charge in [-0.3, -0.25) is 4.90 Å². The number of aromatic nitrogens is 2. The quantitative estimate of drug-likeness (QED) is 0.640. The third-order valence-electron chi connectivity index (χ3n) is 2.19. The van der Waals surface area contributed by atoms with Gasteiger partial charge in [0, 0.05) is 18.8 Å². The summed E-state index contributed by atoms with van der Waals surface area (Å²) in [5, 5.41) is 11.9.